The summed E-state index contributed by atoms with van der Waals surface area (Å²) in [5.41, 5.74) is 5.09. The highest BCUT2D eigenvalue weighted by molar-refractivity contribution is 5.78. The topological polar surface area (TPSA) is 119 Å². The van der Waals surface area contributed by atoms with Gasteiger partial charge in [0, 0.05) is 44.8 Å². The third-order valence-electron chi connectivity index (χ3n) is 5.03. The zero-order valence-electron chi connectivity index (χ0n) is 17.8. The Morgan fingerprint density at radius 3 is 2.84 bits per heavy atom. The van der Waals surface area contributed by atoms with Crippen LogP contribution in [0.3, 0.4) is 0 Å². The summed E-state index contributed by atoms with van der Waals surface area (Å²) in [4.78, 5) is 20.1. The maximum absolute atomic E-state index is 5.79. The highest BCUT2D eigenvalue weighted by Gasteiger charge is 2.25. The number of hydrogen-bond acceptors (Lipinski definition) is 9. The predicted octanol–water partition coefficient (Wildman–Crippen LogP) is 1.22. The van der Waals surface area contributed by atoms with E-state index < -0.39 is 0 Å². The first kappa shape index (κ1) is 20.6. The van der Waals surface area contributed by atoms with Crippen molar-refractivity contribution in [2.24, 2.45) is 12.9 Å². The number of aryl methyl sites for hydroxylation is 1. The lowest BCUT2D eigenvalue weighted by Crippen LogP contribution is -2.44. The fourth-order valence-corrected chi connectivity index (χ4v) is 3.42. The third kappa shape index (κ3) is 4.28. The van der Waals surface area contributed by atoms with E-state index in [1.54, 1.807) is 19.4 Å². The number of anilines is 3. The van der Waals surface area contributed by atoms with Gasteiger partial charge in [-0.2, -0.15) is 0 Å². The number of hydrazine groups is 1. The van der Waals surface area contributed by atoms with Crippen LogP contribution < -0.4 is 21.5 Å². The van der Waals surface area contributed by atoms with Gasteiger partial charge in [-0.3, -0.25) is 10.8 Å². The molecule has 0 unspecified atom stereocenters. The van der Waals surface area contributed by atoms with Gasteiger partial charge in [0.1, 0.15) is 5.69 Å². The van der Waals surface area contributed by atoms with Crippen molar-refractivity contribution in [1.82, 2.24) is 24.5 Å². The molecular weight excluding hydrogens is 394 g/mol. The largest absolute Gasteiger partial charge is 0.377 e. The summed E-state index contributed by atoms with van der Waals surface area (Å²) in [6, 6.07) is 3.99. The minimum absolute atomic E-state index is 0.151. The van der Waals surface area contributed by atoms with E-state index in [1.165, 1.54) is 0 Å². The minimum Gasteiger partial charge on any atom is -0.377 e. The van der Waals surface area contributed by atoms with E-state index in [0.29, 0.717) is 48.7 Å². The van der Waals surface area contributed by atoms with Gasteiger partial charge in [-0.1, -0.05) is 0 Å². The molecule has 0 spiro atoms. The SMILES string of the molecule is CNc1nc(C#Cc2nc(-c3cccnc3)cn2C)nc(N2CCOC[C@@H]2C)c1NN. The lowest BCUT2D eigenvalue weighted by Gasteiger charge is -2.35. The monoisotopic (exact) mass is 419 g/mol. The van der Waals surface area contributed by atoms with Crippen molar-refractivity contribution in [3.63, 3.8) is 0 Å². The van der Waals surface area contributed by atoms with Gasteiger partial charge in [0.05, 0.1) is 24.9 Å². The smallest absolute Gasteiger partial charge is 0.209 e. The van der Waals surface area contributed by atoms with E-state index in [2.05, 4.69) is 49.4 Å². The maximum Gasteiger partial charge on any atom is 0.209 e. The van der Waals surface area contributed by atoms with Crippen LogP contribution in [-0.4, -0.2) is 57.4 Å². The number of nitrogen functional groups attached to an aromatic ring is 1. The van der Waals surface area contributed by atoms with Crippen LogP contribution in [0.5, 0.6) is 0 Å². The maximum atomic E-state index is 5.79. The number of rotatable bonds is 4. The average molecular weight is 419 g/mol. The van der Waals surface area contributed by atoms with Gasteiger partial charge in [-0.05, 0) is 30.9 Å². The molecule has 1 atom stereocenters. The molecule has 4 rings (SSSR count). The Morgan fingerprint density at radius 1 is 1.26 bits per heavy atom. The van der Waals surface area contributed by atoms with E-state index in [1.807, 2.05) is 29.9 Å². The Labute approximate surface area is 180 Å². The summed E-state index contributed by atoms with van der Waals surface area (Å²) in [6.45, 7) is 4.03. The predicted molar refractivity (Wildman–Crippen MR) is 119 cm³/mol. The second-order valence-electron chi connectivity index (χ2n) is 7.16. The number of aromatic nitrogens is 5. The summed E-state index contributed by atoms with van der Waals surface area (Å²) in [6.07, 6.45) is 5.43. The van der Waals surface area contributed by atoms with Crippen LogP contribution in [-0.2, 0) is 11.8 Å². The molecule has 0 amide bonds. The fraction of sp³-hybridized carbons (Fsp3) is 0.333. The Kier molecular flexibility index (Phi) is 5.97. The molecule has 3 aromatic rings. The lowest BCUT2D eigenvalue weighted by molar-refractivity contribution is 0.0986. The zero-order valence-corrected chi connectivity index (χ0v) is 17.8. The number of nitrogens with one attached hydrogen (secondary N) is 2. The molecule has 0 bridgehead atoms. The molecular formula is C21H25N9O. The number of hydrogen-bond donors (Lipinski definition) is 3. The van der Waals surface area contributed by atoms with E-state index in [0.717, 1.165) is 11.3 Å². The first-order valence-corrected chi connectivity index (χ1v) is 9.97. The van der Waals surface area contributed by atoms with Crippen LogP contribution in [0.15, 0.2) is 30.7 Å². The number of nitrogens with zero attached hydrogens (tertiary/aromatic N) is 6. The molecule has 1 saturated heterocycles. The lowest BCUT2D eigenvalue weighted by atomic mass is 10.2. The van der Waals surface area contributed by atoms with E-state index >= 15 is 0 Å². The molecule has 1 fully saturated rings. The fourth-order valence-electron chi connectivity index (χ4n) is 3.42. The van der Waals surface area contributed by atoms with Gasteiger partial charge in [0.2, 0.25) is 5.82 Å². The van der Waals surface area contributed by atoms with Crippen molar-refractivity contribution in [2.75, 3.05) is 42.4 Å². The van der Waals surface area contributed by atoms with E-state index in [9.17, 15) is 0 Å². The summed E-state index contributed by atoms with van der Waals surface area (Å²) in [5, 5.41) is 3.07. The Hall–Kier alpha value is -3.68. The average Bonchev–Trinajstić information content (AvgIpc) is 3.18. The van der Waals surface area contributed by atoms with Crippen LogP contribution in [0.2, 0.25) is 0 Å². The first-order valence-electron chi connectivity index (χ1n) is 9.97. The molecule has 160 valence electrons. The van der Waals surface area contributed by atoms with Gasteiger partial charge < -0.3 is 24.9 Å². The minimum atomic E-state index is 0.151. The molecule has 10 nitrogen and oxygen atoms in total. The standard InChI is InChI=1S/C21H25N9O/c1-14-13-31-10-9-30(14)21-19(28-22)20(23-2)26-17(27-21)6-7-18-25-16(12-29(18)3)15-5-4-8-24-11-15/h4-5,8,11-12,14,28H,9-10,13,22H2,1-3H3,(H,23,26,27)/t14-/m0/s1. The van der Waals surface area contributed by atoms with Gasteiger partial charge in [0.15, 0.2) is 17.5 Å². The Balaban J connectivity index is 1.71. The van der Waals surface area contributed by atoms with Crippen molar-refractivity contribution in [3.05, 3.63) is 42.4 Å². The summed E-state index contributed by atoms with van der Waals surface area (Å²) in [7, 11) is 3.69. The second kappa shape index (κ2) is 8.99. The van der Waals surface area contributed by atoms with Crippen LogP contribution in [0.1, 0.15) is 18.6 Å². The van der Waals surface area contributed by atoms with Crippen molar-refractivity contribution in [1.29, 1.82) is 0 Å². The second-order valence-corrected chi connectivity index (χ2v) is 7.16. The number of ether oxygens (including phenoxy) is 1. The third-order valence-corrected chi connectivity index (χ3v) is 5.03. The molecule has 0 aliphatic carbocycles. The number of pyridine rings is 1. The molecule has 4 N–H and O–H groups in total. The molecule has 0 saturated carbocycles. The number of imidazole rings is 1. The molecule has 31 heavy (non-hydrogen) atoms. The van der Waals surface area contributed by atoms with Gasteiger partial charge in [0.25, 0.3) is 0 Å². The van der Waals surface area contributed by atoms with Crippen LogP contribution in [0.25, 0.3) is 11.3 Å². The summed E-state index contributed by atoms with van der Waals surface area (Å²) >= 11 is 0. The highest BCUT2D eigenvalue weighted by Crippen LogP contribution is 2.31. The highest BCUT2D eigenvalue weighted by atomic mass is 16.5. The Bertz CT molecular complexity index is 1120. The summed E-state index contributed by atoms with van der Waals surface area (Å²) < 4.78 is 7.43. The molecule has 1 aliphatic rings. The number of nitrogens with two attached hydrogens (primary N) is 1. The van der Waals surface area contributed by atoms with Crippen LogP contribution in [0.4, 0.5) is 17.3 Å². The number of morpholine rings is 1. The van der Waals surface area contributed by atoms with Crippen molar-refractivity contribution in [2.45, 2.75) is 13.0 Å². The molecule has 0 radical (unpaired) electrons. The molecule has 1 aliphatic heterocycles. The quantitative estimate of drug-likeness (QED) is 0.326. The van der Waals surface area contributed by atoms with Gasteiger partial charge in [-0.25, -0.2) is 15.0 Å². The molecule has 10 heteroatoms. The zero-order chi connectivity index (χ0) is 21.8. The van der Waals surface area contributed by atoms with Gasteiger partial charge in [-0.15, -0.1) is 0 Å². The van der Waals surface area contributed by atoms with Crippen LogP contribution in [0, 0.1) is 11.8 Å². The van der Waals surface area contributed by atoms with Crippen LogP contribution >= 0.6 is 0 Å². The molecule has 3 aromatic heterocycles. The molecule has 4 heterocycles. The first-order chi connectivity index (χ1) is 15.1. The van der Waals surface area contributed by atoms with Crippen molar-refractivity contribution < 1.29 is 4.74 Å². The van der Waals surface area contributed by atoms with E-state index in [4.69, 9.17) is 15.6 Å². The van der Waals surface area contributed by atoms with E-state index in [-0.39, 0.29) is 6.04 Å². The molecule has 0 aromatic carbocycles. The Morgan fingerprint density at radius 2 is 2.13 bits per heavy atom. The summed E-state index contributed by atoms with van der Waals surface area (Å²) in [5.74, 6) is 14.2. The normalized spacial score (nSPS) is 15.9. The van der Waals surface area contributed by atoms with Gasteiger partial charge >= 0.3 is 0 Å². The van der Waals surface area contributed by atoms with Crippen molar-refractivity contribution in [3.8, 4) is 23.1 Å². The van der Waals surface area contributed by atoms with Crippen molar-refractivity contribution >= 4 is 17.3 Å².